The molecular weight excluding hydrogens is 202 g/mol. The van der Waals surface area contributed by atoms with Gasteiger partial charge in [-0.25, -0.2) is 4.98 Å². The van der Waals surface area contributed by atoms with Crippen LogP contribution in [-0.2, 0) is 0 Å². The second-order valence-corrected chi connectivity index (χ2v) is 3.13. The first-order chi connectivity index (χ1) is 7.79. The summed E-state index contributed by atoms with van der Waals surface area (Å²) in [4.78, 5) is 3.90. The highest BCUT2D eigenvalue weighted by molar-refractivity contribution is 5.53. The lowest BCUT2D eigenvalue weighted by molar-refractivity contribution is 0.482. The van der Waals surface area contributed by atoms with E-state index in [1.165, 1.54) is 6.20 Å². The number of ether oxygens (including phenoxy) is 1. The molecule has 1 aromatic carbocycles. The van der Waals surface area contributed by atoms with Gasteiger partial charge < -0.3 is 10.5 Å². The predicted octanol–water partition coefficient (Wildman–Crippen LogP) is 2.33. The fourth-order valence-electron chi connectivity index (χ4n) is 1.21. The number of hydrogen-bond donors (Lipinski definition) is 1. The van der Waals surface area contributed by atoms with Crippen molar-refractivity contribution in [1.29, 1.82) is 5.26 Å². The van der Waals surface area contributed by atoms with Gasteiger partial charge in [-0.3, -0.25) is 0 Å². The number of rotatable bonds is 2. The number of nitrogen functional groups attached to an aromatic ring is 1. The molecule has 2 rings (SSSR count). The normalized spacial score (nSPS) is 9.44. The smallest absolute Gasteiger partial charge is 0.150 e. The summed E-state index contributed by atoms with van der Waals surface area (Å²) in [5, 5.41) is 8.59. The Kier molecular flexibility index (Phi) is 2.70. The van der Waals surface area contributed by atoms with Crippen LogP contribution in [0.5, 0.6) is 11.5 Å². The molecule has 4 nitrogen and oxygen atoms in total. The molecule has 0 spiro atoms. The van der Waals surface area contributed by atoms with E-state index in [2.05, 4.69) is 4.98 Å². The van der Waals surface area contributed by atoms with E-state index in [-0.39, 0.29) is 0 Å². The Morgan fingerprint density at radius 1 is 1.19 bits per heavy atom. The van der Waals surface area contributed by atoms with E-state index < -0.39 is 0 Å². The van der Waals surface area contributed by atoms with Crippen LogP contribution in [0.2, 0.25) is 0 Å². The summed E-state index contributed by atoms with van der Waals surface area (Å²) in [5.41, 5.74) is 6.64. The largest absolute Gasteiger partial charge is 0.454 e. The molecule has 16 heavy (non-hydrogen) atoms. The van der Waals surface area contributed by atoms with Gasteiger partial charge in [0.05, 0.1) is 11.9 Å². The SMILES string of the molecule is N#Cc1ccc(Oc2ccccc2N)cn1. The van der Waals surface area contributed by atoms with Gasteiger partial charge in [0.1, 0.15) is 23.3 Å². The van der Waals surface area contributed by atoms with Gasteiger partial charge in [-0.1, -0.05) is 12.1 Å². The molecule has 1 heterocycles. The Bertz CT molecular complexity index is 529. The number of anilines is 1. The number of para-hydroxylation sites is 2. The quantitative estimate of drug-likeness (QED) is 0.774. The molecule has 0 unspecified atom stereocenters. The lowest BCUT2D eigenvalue weighted by Gasteiger charge is -2.07. The van der Waals surface area contributed by atoms with E-state index in [4.69, 9.17) is 15.7 Å². The van der Waals surface area contributed by atoms with Crippen molar-refractivity contribution in [1.82, 2.24) is 4.98 Å². The van der Waals surface area contributed by atoms with Crippen molar-refractivity contribution in [3.8, 4) is 17.6 Å². The van der Waals surface area contributed by atoms with Crippen molar-refractivity contribution in [3.63, 3.8) is 0 Å². The van der Waals surface area contributed by atoms with Crippen molar-refractivity contribution >= 4 is 5.69 Å². The highest BCUT2D eigenvalue weighted by atomic mass is 16.5. The zero-order chi connectivity index (χ0) is 11.4. The van der Waals surface area contributed by atoms with Crippen LogP contribution in [-0.4, -0.2) is 4.98 Å². The summed E-state index contributed by atoms with van der Waals surface area (Å²) in [6.07, 6.45) is 1.49. The Balaban J connectivity index is 2.22. The first-order valence-corrected chi connectivity index (χ1v) is 4.68. The fourth-order valence-corrected chi connectivity index (χ4v) is 1.21. The number of aromatic nitrogens is 1. The lowest BCUT2D eigenvalue weighted by Crippen LogP contribution is -1.92. The number of hydrogen-bond acceptors (Lipinski definition) is 4. The molecular formula is C12H9N3O. The maximum Gasteiger partial charge on any atom is 0.150 e. The summed E-state index contributed by atoms with van der Waals surface area (Å²) < 4.78 is 5.51. The van der Waals surface area contributed by atoms with E-state index in [1.54, 1.807) is 24.3 Å². The van der Waals surface area contributed by atoms with E-state index >= 15 is 0 Å². The molecule has 4 heteroatoms. The lowest BCUT2D eigenvalue weighted by atomic mass is 10.3. The zero-order valence-corrected chi connectivity index (χ0v) is 8.42. The van der Waals surface area contributed by atoms with Crippen molar-refractivity contribution < 1.29 is 4.74 Å². The first-order valence-electron chi connectivity index (χ1n) is 4.68. The monoisotopic (exact) mass is 211 g/mol. The molecule has 0 aliphatic rings. The van der Waals surface area contributed by atoms with Gasteiger partial charge >= 0.3 is 0 Å². The van der Waals surface area contributed by atoms with Crippen LogP contribution in [0, 0.1) is 11.3 Å². The summed E-state index contributed by atoms with van der Waals surface area (Å²) in [6, 6.07) is 12.4. The summed E-state index contributed by atoms with van der Waals surface area (Å²) >= 11 is 0. The molecule has 2 N–H and O–H groups in total. The molecule has 0 saturated heterocycles. The van der Waals surface area contributed by atoms with Crippen molar-refractivity contribution in [2.45, 2.75) is 0 Å². The second-order valence-electron chi connectivity index (χ2n) is 3.13. The number of benzene rings is 1. The van der Waals surface area contributed by atoms with Crippen molar-refractivity contribution in [2.75, 3.05) is 5.73 Å². The third-order valence-electron chi connectivity index (χ3n) is 2.00. The van der Waals surface area contributed by atoms with Crippen molar-refractivity contribution in [2.24, 2.45) is 0 Å². The van der Waals surface area contributed by atoms with Gasteiger partial charge in [-0.2, -0.15) is 5.26 Å². The summed E-state index contributed by atoms with van der Waals surface area (Å²) in [6.45, 7) is 0. The molecule has 2 aromatic rings. The minimum atomic E-state index is 0.355. The minimum Gasteiger partial charge on any atom is -0.454 e. The van der Waals surface area contributed by atoms with Gasteiger partial charge in [0.15, 0.2) is 0 Å². The molecule has 0 radical (unpaired) electrons. The van der Waals surface area contributed by atoms with E-state index in [9.17, 15) is 0 Å². The average Bonchev–Trinajstić information content (AvgIpc) is 2.33. The summed E-state index contributed by atoms with van der Waals surface area (Å²) in [7, 11) is 0. The fraction of sp³-hybridized carbons (Fsp3) is 0. The van der Waals surface area contributed by atoms with Gasteiger partial charge in [-0.15, -0.1) is 0 Å². The Labute approximate surface area is 92.9 Å². The molecule has 0 fully saturated rings. The molecule has 0 amide bonds. The van der Waals surface area contributed by atoms with Crippen LogP contribution in [0.3, 0.4) is 0 Å². The third-order valence-corrected chi connectivity index (χ3v) is 2.00. The van der Waals surface area contributed by atoms with Gasteiger partial charge in [0.25, 0.3) is 0 Å². The van der Waals surface area contributed by atoms with E-state index in [0.717, 1.165) is 0 Å². The maximum atomic E-state index is 8.59. The van der Waals surface area contributed by atoms with Crippen LogP contribution in [0.1, 0.15) is 5.69 Å². The highest BCUT2D eigenvalue weighted by Gasteiger charge is 2.01. The average molecular weight is 211 g/mol. The Morgan fingerprint density at radius 3 is 2.62 bits per heavy atom. The molecule has 0 aliphatic heterocycles. The standard InChI is InChI=1S/C12H9N3O/c13-7-9-5-6-10(8-15-9)16-12-4-2-1-3-11(12)14/h1-6,8H,14H2. The van der Waals surface area contributed by atoms with Crippen LogP contribution in [0.4, 0.5) is 5.69 Å². The first kappa shape index (κ1) is 9.99. The predicted molar refractivity (Wildman–Crippen MR) is 59.9 cm³/mol. The topological polar surface area (TPSA) is 71.9 Å². The van der Waals surface area contributed by atoms with Gasteiger partial charge in [-0.05, 0) is 24.3 Å². The molecule has 78 valence electrons. The maximum absolute atomic E-state index is 8.59. The Hall–Kier alpha value is -2.54. The van der Waals surface area contributed by atoms with Crippen LogP contribution in [0.15, 0.2) is 42.6 Å². The Morgan fingerprint density at radius 2 is 2.00 bits per heavy atom. The minimum absolute atomic E-state index is 0.355. The molecule has 1 aromatic heterocycles. The molecule has 0 aliphatic carbocycles. The number of nitriles is 1. The van der Waals surface area contributed by atoms with Gasteiger partial charge in [0.2, 0.25) is 0 Å². The number of pyridine rings is 1. The number of nitrogens with zero attached hydrogens (tertiary/aromatic N) is 2. The highest BCUT2D eigenvalue weighted by Crippen LogP contribution is 2.26. The van der Waals surface area contributed by atoms with E-state index in [0.29, 0.717) is 22.9 Å². The third kappa shape index (κ3) is 2.10. The molecule has 0 bridgehead atoms. The molecule has 0 saturated carbocycles. The van der Waals surface area contributed by atoms with Crippen LogP contribution >= 0.6 is 0 Å². The van der Waals surface area contributed by atoms with Crippen LogP contribution < -0.4 is 10.5 Å². The number of nitrogens with two attached hydrogens (primary N) is 1. The van der Waals surface area contributed by atoms with Crippen molar-refractivity contribution in [3.05, 3.63) is 48.3 Å². The zero-order valence-electron chi connectivity index (χ0n) is 8.42. The van der Waals surface area contributed by atoms with E-state index in [1.807, 2.05) is 18.2 Å². The second kappa shape index (κ2) is 4.32. The van der Waals surface area contributed by atoms with Gasteiger partial charge in [0, 0.05) is 0 Å². The summed E-state index contributed by atoms with van der Waals surface area (Å²) in [5.74, 6) is 1.13. The molecule has 0 atom stereocenters. The van der Waals surface area contributed by atoms with Crippen LogP contribution in [0.25, 0.3) is 0 Å².